The number of fused-ring (bicyclic) bond motifs is 1. The van der Waals surface area contributed by atoms with E-state index in [1.54, 1.807) is 19.3 Å². The highest BCUT2D eigenvalue weighted by Gasteiger charge is 2.60. The molecule has 1 amide bonds. The van der Waals surface area contributed by atoms with Gasteiger partial charge in [0, 0.05) is 38.1 Å². The highest BCUT2D eigenvalue weighted by atomic mass is 16.1. The Hall–Kier alpha value is -3.83. The summed E-state index contributed by atoms with van der Waals surface area (Å²) in [5.41, 5.74) is 5.27. The SMILES string of the molecule is CCc1cc2ncc(C3(N4CC=C(c5ccc(C(=O)NC)nc5)CC4)CC3C#N)cc2[nH]c1=O. The quantitative estimate of drug-likeness (QED) is 0.613. The Kier molecular flexibility index (Phi) is 5.50. The summed E-state index contributed by atoms with van der Waals surface area (Å²) in [5.74, 6) is -0.318. The van der Waals surface area contributed by atoms with Crippen LogP contribution in [0.1, 0.15) is 46.9 Å². The first-order valence-corrected chi connectivity index (χ1v) is 11.5. The average molecular weight is 455 g/mol. The summed E-state index contributed by atoms with van der Waals surface area (Å²) >= 11 is 0. The molecule has 1 saturated carbocycles. The molecule has 0 saturated heterocycles. The number of hydrogen-bond donors (Lipinski definition) is 2. The minimum atomic E-state index is -0.389. The van der Waals surface area contributed by atoms with Crippen LogP contribution < -0.4 is 10.9 Å². The molecule has 34 heavy (non-hydrogen) atoms. The van der Waals surface area contributed by atoms with Crippen LogP contribution in [0.3, 0.4) is 0 Å². The van der Waals surface area contributed by atoms with Crippen molar-refractivity contribution in [1.82, 2.24) is 25.2 Å². The van der Waals surface area contributed by atoms with Crippen LogP contribution in [0.5, 0.6) is 0 Å². The second-order valence-corrected chi connectivity index (χ2v) is 8.88. The fourth-order valence-electron chi connectivity index (χ4n) is 5.02. The molecule has 0 aromatic carbocycles. The summed E-state index contributed by atoms with van der Waals surface area (Å²) in [7, 11) is 1.59. The largest absolute Gasteiger partial charge is 0.354 e. The number of H-pyrrole nitrogens is 1. The van der Waals surface area contributed by atoms with Crippen molar-refractivity contribution in [2.24, 2.45) is 5.92 Å². The first-order valence-electron chi connectivity index (χ1n) is 11.5. The van der Waals surface area contributed by atoms with Crippen LogP contribution in [0, 0.1) is 17.2 Å². The van der Waals surface area contributed by atoms with Gasteiger partial charge >= 0.3 is 0 Å². The number of pyridine rings is 3. The van der Waals surface area contributed by atoms with E-state index in [0.29, 0.717) is 24.2 Å². The Morgan fingerprint density at radius 2 is 2.18 bits per heavy atom. The maximum Gasteiger partial charge on any atom is 0.269 e. The Labute approximate surface area is 197 Å². The third kappa shape index (κ3) is 3.58. The van der Waals surface area contributed by atoms with Crippen molar-refractivity contribution in [1.29, 1.82) is 5.26 Å². The van der Waals surface area contributed by atoms with Crippen molar-refractivity contribution in [2.45, 2.75) is 31.7 Å². The minimum Gasteiger partial charge on any atom is -0.354 e. The lowest BCUT2D eigenvalue weighted by Crippen LogP contribution is -2.40. The molecule has 2 aliphatic rings. The van der Waals surface area contributed by atoms with Gasteiger partial charge in [-0.2, -0.15) is 5.26 Å². The fraction of sp³-hybridized carbons (Fsp3) is 0.346. The summed E-state index contributed by atoms with van der Waals surface area (Å²) < 4.78 is 0. The molecule has 1 aliphatic heterocycles. The van der Waals surface area contributed by atoms with E-state index < -0.39 is 0 Å². The van der Waals surface area contributed by atoms with Gasteiger partial charge < -0.3 is 10.3 Å². The maximum absolute atomic E-state index is 12.3. The van der Waals surface area contributed by atoms with E-state index in [1.807, 2.05) is 31.3 Å². The zero-order valence-electron chi connectivity index (χ0n) is 19.3. The summed E-state index contributed by atoms with van der Waals surface area (Å²) in [5, 5.41) is 12.4. The van der Waals surface area contributed by atoms with Crippen molar-refractivity contribution in [3.8, 4) is 6.07 Å². The molecule has 172 valence electrons. The molecule has 2 atom stereocenters. The number of hydrogen-bond acceptors (Lipinski definition) is 6. The summed E-state index contributed by atoms with van der Waals surface area (Å²) in [6.45, 7) is 3.45. The Bertz CT molecular complexity index is 1400. The van der Waals surface area contributed by atoms with Gasteiger partial charge in [-0.1, -0.05) is 19.1 Å². The molecule has 2 N–H and O–H groups in total. The van der Waals surface area contributed by atoms with Crippen LogP contribution in [0.15, 0.2) is 47.5 Å². The van der Waals surface area contributed by atoms with Gasteiger partial charge in [0.1, 0.15) is 5.69 Å². The lowest BCUT2D eigenvalue weighted by atomic mass is 9.95. The molecule has 8 heteroatoms. The van der Waals surface area contributed by atoms with Gasteiger partial charge in [0.05, 0.1) is 28.6 Å². The zero-order chi connectivity index (χ0) is 23.9. The van der Waals surface area contributed by atoms with E-state index in [-0.39, 0.29) is 22.9 Å². The molecule has 5 rings (SSSR count). The van der Waals surface area contributed by atoms with Crippen molar-refractivity contribution >= 4 is 22.5 Å². The van der Waals surface area contributed by atoms with E-state index in [9.17, 15) is 14.9 Å². The number of nitrogens with zero attached hydrogens (tertiary/aromatic N) is 4. The van der Waals surface area contributed by atoms with Crippen LogP contribution in [0.2, 0.25) is 0 Å². The van der Waals surface area contributed by atoms with E-state index in [4.69, 9.17) is 0 Å². The van der Waals surface area contributed by atoms with Crippen LogP contribution in [0.4, 0.5) is 0 Å². The second kappa shape index (κ2) is 8.50. The van der Waals surface area contributed by atoms with E-state index >= 15 is 0 Å². The Morgan fingerprint density at radius 3 is 2.79 bits per heavy atom. The highest BCUT2D eigenvalue weighted by molar-refractivity contribution is 5.92. The summed E-state index contributed by atoms with van der Waals surface area (Å²) in [6.07, 6.45) is 8.00. The van der Waals surface area contributed by atoms with E-state index in [2.05, 4.69) is 37.3 Å². The Morgan fingerprint density at radius 1 is 1.32 bits per heavy atom. The molecule has 0 spiro atoms. The predicted molar refractivity (Wildman–Crippen MR) is 129 cm³/mol. The van der Waals surface area contributed by atoms with Crippen molar-refractivity contribution in [2.75, 3.05) is 20.1 Å². The van der Waals surface area contributed by atoms with E-state index in [1.165, 1.54) is 5.57 Å². The predicted octanol–water partition coefficient (Wildman–Crippen LogP) is 2.77. The number of aromatic amines is 1. The molecular weight excluding hydrogens is 428 g/mol. The van der Waals surface area contributed by atoms with Crippen LogP contribution >= 0.6 is 0 Å². The van der Waals surface area contributed by atoms with Gasteiger partial charge in [0.25, 0.3) is 11.5 Å². The molecule has 2 unspecified atom stereocenters. The topological polar surface area (TPSA) is 115 Å². The third-order valence-electron chi connectivity index (χ3n) is 7.11. The normalized spacial score (nSPS) is 22.1. The summed E-state index contributed by atoms with van der Waals surface area (Å²) in [6, 6.07) is 9.96. The first kappa shape index (κ1) is 22.0. The number of rotatable bonds is 5. The third-order valence-corrected chi connectivity index (χ3v) is 7.11. The lowest BCUT2D eigenvalue weighted by molar-refractivity contribution is 0.0958. The summed E-state index contributed by atoms with van der Waals surface area (Å²) in [4.78, 5) is 38.3. The highest BCUT2D eigenvalue weighted by Crippen LogP contribution is 2.57. The zero-order valence-corrected chi connectivity index (χ0v) is 19.3. The first-order chi connectivity index (χ1) is 16.5. The molecule has 0 radical (unpaired) electrons. The molecule has 8 nitrogen and oxygen atoms in total. The Balaban J connectivity index is 1.42. The van der Waals surface area contributed by atoms with Gasteiger partial charge in [0.2, 0.25) is 0 Å². The monoisotopic (exact) mass is 454 g/mol. The van der Waals surface area contributed by atoms with Gasteiger partial charge in [-0.25, -0.2) is 0 Å². The number of aryl methyl sites for hydroxylation is 1. The molecule has 1 fully saturated rings. The number of nitrogens with one attached hydrogen (secondary N) is 2. The maximum atomic E-state index is 12.3. The van der Waals surface area contributed by atoms with Crippen molar-refractivity contribution in [3.05, 3.63) is 75.5 Å². The standard InChI is InChI=1S/C26H26N6O2/c1-3-16-10-22-23(31-24(16)33)11-19(15-30-22)26(12-20(26)13-27)32-8-6-17(7-9-32)18-4-5-21(29-14-18)25(34)28-2/h4-6,10-11,14-15,20H,3,7-9,12H2,1-2H3,(H,28,34)(H,31,33). The van der Waals surface area contributed by atoms with Crippen LogP contribution in [-0.4, -0.2) is 45.9 Å². The van der Waals surface area contributed by atoms with E-state index in [0.717, 1.165) is 41.6 Å². The number of nitriles is 1. The van der Waals surface area contributed by atoms with Crippen LogP contribution in [0.25, 0.3) is 16.6 Å². The van der Waals surface area contributed by atoms with Crippen LogP contribution in [-0.2, 0) is 12.0 Å². The van der Waals surface area contributed by atoms with Gasteiger partial charge in [-0.3, -0.25) is 24.5 Å². The molecule has 3 aromatic rings. The average Bonchev–Trinajstić information content (AvgIpc) is 3.63. The van der Waals surface area contributed by atoms with Gasteiger partial charge in [-0.05, 0) is 54.2 Å². The lowest BCUT2D eigenvalue weighted by Gasteiger charge is -2.35. The van der Waals surface area contributed by atoms with Crippen molar-refractivity contribution in [3.63, 3.8) is 0 Å². The fourth-order valence-corrected chi connectivity index (χ4v) is 5.02. The number of carbonyl (C=O) groups excluding carboxylic acids is 1. The number of amides is 1. The number of aromatic nitrogens is 3. The van der Waals surface area contributed by atoms with Gasteiger partial charge in [-0.15, -0.1) is 0 Å². The smallest absolute Gasteiger partial charge is 0.269 e. The molecule has 3 aromatic heterocycles. The molecular formula is C26H26N6O2. The molecule has 1 aliphatic carbocycles. The number of carbonyl (C=O) groups is 1. The second-order valence-electron chi connectivity index (χ2n) is 8.88. The van der Waals surface area contributed by atoms with Gasteiger partial charge in [0.15, 0.2) is 0 Å². The molecule has 0 bridgehead atoms. The van der Waals surface area contributed by atoms with Crippen molar-refractivity contribution < 1.29 is 4.79 Å². The minimum absolute atomic E-state index is 0.0859. The molecule has 4 heterocycles.